The quantitative estimate of drug-likeness (QED) is 0.275. The van der Waals surface area contributed by atoms with Gasteiger partial charge in [0.15, 0.2) is 6.10 Å². The molecule has 3 unspecified atom stereocenters. The van der Waals surface area contributed by atoms with Crippen molar-refractivity contribution in [2.24, 2.45) is 0 Å². The summed E-state index contributed by atoms with van der Waals surface area (Å²) in [5.74, 6) is -6.17. The van der Waals surface area contributed by atoms with Gasteiger partial charge in [-0.05, 0) is 61.2 Å². The zero-order chi connectivity index (χ0) is 31.5. The summed E-state index contributed by atoms with van der Waals surface area (Å²) in [6.45, 7) is 2.09. The average molecular weight is 635 g/mol. The molecular formula is C31H31Cl2F2N3O5. The molecule has 0 bridgehead atoms. The number of aliphatic hydroxyl groups is 1. The number of phenolic OH excluding ortho intramolecular Hbond substituents is 1. The van der Waals surface area contributed by atoms with E-state index in [1.54, 1.807) is 43.3 Å². The van der Waals surface area contributed by atoms with Crippen LogP contribution in [0.25, 0.3) is 0 Å². The van der Waals surface area contributed by atoms with E-state index in [0.717, 1.165) is 0 Å². The van der Waals surface area contributed by atoms with Gasteiger partial charge in [0.1, 0.15) is 11.8 Å². The molecule has 0 aliphatic carbocycles. The number of nitrogens with one attached hydrogen (secondary N) is 2. The minimum atomic E-state index is -3.39. The minimum Gasteiger partial charge on any atom is -0.508 e. The van der Waals surface area contributed by atoms with E-state index in [0.29, 0.717) is 26.6 Å². The number of likely N-dealkylation sites (tertiary alicyclic amines) is 1. The summed E-state index contributed by atoms with van der Waals surface area (Å²) in [4.78, 5) is 40.5. The number of nitrogens with zero attached hydrogens (tertiary/aromatic N) is 1. The lowest BCUT2D eigenvalue weighted by atomic mass is 9.98. The first-order valence-electron chi connectivity index (χ1n) is 13.5. The summed E-state index contributed by atoms with van der Waals surface area (Å²) >= 11 is 12.2. The molecule has 3 aromatic rings. The van der Waals surface area contributed by atoms with E-state index in [2.05, 4.69) is 10.6 Å². The fourth-order valence-electron chi connectivity index (χ4n) is 5.10. The molecule has 4 rings (SSSR count). The molecule has 8 nitrogen and oxygen atoms in total. The Morgan fingerprint density at radius 2 is 1.77 bits per heavy atom. The van der Waals surface area contributed by atoms with Crippen molar-refractivity contribution in [3.05, 3.63) is 98.5 Å². The van der Waals surface area contributed by atoms with Crippen molar-refractivity contribution in [2.45, 2.75) is 57.3 Å². The summed E-state index contributed by atoms with van der Waals surface area (Å²) in [5.41, 5.74) is 2.27. The smallest absolute Gasteiger partial charge is 0.267 e. The molecule has 3 aromatic carbocycles. The molecule has 4 N–H and O–H groups in total. The van der Waals surface area contributed by atoms with E-state index in [4.69, 9.17) is 23.2 Å². The number of alkyl halides is 2. The van der Waals surface area contributed by atoms with Crippen LogP contribution in [-0.2, 0) is 22.6 Å². The molecule has 228 valence electrons. The van der Waals surface area contributed by atoms with Crippen LogP contribution in [0.4, 0.5) is 8.78 Å². The van der Waals surface area contributed by atoms with Gasteiger partial charge >= 0.3 is 0 Å². The Morgan fingerprint density at radius 1 is 1.07 bits per heavy atom. The highest BCUT2D eigenvalue weighted by atomic mass is 35.5. The number of hydrogen-bond acceptors (Lipinski definition) is 5. The molecule has 1 aliphatic heterocycles. The second-order valence-electron chi connectivity index (χ2n) is 10.6. The van der Waals surface area contributed by atoms with Gasteiger partial charge in [-0.3, -0.25) is 14.4 Å². The summed E-state index contributed by atoms with van der Waals surface area (Å²) < 4.78 is 29.3. The van der Waals surface area contributed by atoms with E-state index in [9.17, 15) is 33.4 Å². The lowest BCUT2D eigenvalue weighted by molar-refractivity contribution is -0.147. The largest absolute Gasteiger partial charge is 0.508 e. The molecule has 1 saturated heterocycles. The fourth-order valence-corrected chi connectivity index (χ4v) is 5.76. The first-order chi connectivity index (χ1) is 20.3. The maximum atomic E-state index is 14.6. The topological polar surface area (TPSA) is 119 Å². The van der Waals surface area contributed by atoms with Crippen LogP contribution >= 0.6 is 23.2 Å². The Bertz CT molecular complexity index is 1500. The Morgan fingerprint density at radius 3 is 2.44 bits per heavy atom. The molecule has 0 radical (unpaired) electrons. The molecule has 0 spiro atoms. The molecule has 1 aliphatic rings. The highest BCUT2D eigenvalue weighted by molar-refractivity contribution is 6.35. The number of phenols is 1. The third-order valence-electron chi connectivity index (χ3n) is 7.48. The normalized spacial score (nSPS) is 17.3. The van der Waals surface area contributed by atoms with Gasteiger partial charge in [0.05, 0.1) is 12.6 Å². The Labute approximate surface area is 257 Å². The highest BCUT2D eigenvalue weighted by Crippen LogP contribution is 2.33. The molecule has 3 atom stereocenters. The lowest BCUT2D eigenvalue weighted by Gasteiger charge is -2.30. The summed E-state index contributed by atoms with van der Waals surface area (Å²) in [6.07, 6.45) is -2.94. The van der Waals surface area contributed by atoms with Crippen molar-refractivity contribution < 1.29 is 33.4 Å². The van der Waals surface area contributed by atoms with Crippen LogP contribution < -0.4 is 10.6 Å². The van der Waals surface area contributed by atoms with Crippen LogP contribution in [0.1, 0.15) is 39.0 Å². The van der Waals surface area contributed by atoms with Gasteiger partial charge < -0.3 is 25.7 Å². The fraction of sp³-hybridized carbons (Fsp3) is 0.323. The number of aryl methyl sites for hydroxylation is 1. The first kappa shape index (κ1) is 32.2. The summed E-state index contributed by atoms with van der Waals surface area (Å²) in [5, 5.41) is 27.1. The summed E-state index contributed by atoms with van der Waals surface area (Å²) in [7, 11) is 0. The van der Waals surface area contributed by atoms with E-state index >= 15 is 0 Å². The van der Waals surface area contributed by atoms with Gasteiger partial charge in [0.2, 0.25) is 5.91 Å². The zero-order valence-corrected chi connectivity index (χ0v) is 24.9. The molecule has 43 heavy (non-hydrogen) atoms. The number of rotatable bonds is 9. The van der Waals surface area contributed by atoms with Crippen LogP contribution in [0.5, 0.6) is 5.75 Å². The minimum absolute atomic E-state index is 0.0210. The third kappa shape index (κ3) is 7.62. The Kier molecular flexibility index (Phi) is 9.94. The van der Waals surface area contributed by atoms with Crippen LogP contribution in [0.2, 0.25) is 10.0 Å². The Balaban J connectivity index is 1.56. The predicted molar refractivity (Wildman–Crippen MR) is 158 cm³/mol. The lowest BCUT2D eigenvalue weighted by Crippen LogP contribution is -2.56. The predicted octanol–water partition coefficient (Wildman–Crippen LogP) is 4.57. The average Bonchev–Trinajstić information content (AvgIpc) is 3.28. The number of aromatic hydroxyl groups is 1. The SMILES string of the molecule is Cc1cc(Cl)cc(Cl)c1CNC(=O)C1CC(F)(F)CN1C(=O)C(O)C(Cc1ccccc1)NC(=O)c1cccc(O)c1C. The van der Waals surface area contributed by atoms with E-state index in [1.807, 2.05) is 0 Å². The van der Waals surface area contributed by atoms with Crippen molar-refractivity contribution in [3.63, 3.8) is 0 Å². The summed E-state index contributed by atoms with van der Waals surface area (Å²) in [6, 6.07) is 13.3. The van der Waals surface area contributed by atoms with Crippen LogP contribution in [0.15, 0.2) is 60.7 Å². The zero-order valence-electron chi connectivity index (χ0n) is 23.4. The maximum Gasteiger partial charge on any atom is 0.267 e. The number of aliphatic hydroxyl groups excluding tert-OH is 1. The highest BCUT2D eigenvalue weighted by Gasteiger charge is 2.51. The van der Waals surface area contributed by atoms with Gasteiger partial charge in [0.25, 0.3) is 17.7 Å². The van der Waals surface area contributed by atoms with Gasteiger partial charge in [-0.1, -0.05) is 59.6 Å². The second-order valence-corrected chi connectivity index (χ2v) is 11.5. The molecule has 1 fully saturated rings. The second kappa shape index (κ2) is 13.3. The molecule has 3 amide bonds. The molecule has 0 saturated carbocycles. The van der Waals surface area contributed by atoms with E-state index in [1.165, 1.54) is 31.2 Å². The van der Waals surface area contributed by atoms with Gasteiger partial charge in [0, 0.05) is 34.1 Å². The monoisotopic (exact) mass is 633 g/mol. The van der Waals surface area contributed by atoms with Gasteiger partial charge in [-0.25, -0.2) is 8.78 Å². The number of hydrogen-bond donors (Lipinski definition) is 4. The third-order valence-corrected chi connectivity index (χ3v) is 8.03. The number of halogens is 4. The van der Waals surface area contributed by atoms with Gasteiger partial charge in [-0.15, -0.1) is 0 Å². The van der Waals surface area contributed by atoms with Crippen molar-refractivity contribution in [1.29, 1.82) is 0 Å². The number of amides is 3. The van der Waals surface area contributed by atoms with E-state index in [-0.39, 0.29) is 34.9 Å². The number of carbonyl (C=O) groups excluding carboxylic acids is 3. The molecular weight excluding hydrogens is 603 g/mol. The van der Waals surface area contributed by atoms with Crippen molar-refractivity contribution in [1.82, 2.24) is 15.5 Å². The van der Waals surface area contributed by atoms with Crippen molar-refractivity contribution in [2.75, 3.05) is 6.54 Å². The van der Waals surface area contributed by atoms with Crippen LogP contribution in [0.3, 0.4) is 0 Å². The molecule has 1 heterocycles. The van der Waals surface area contributed by atoms with Crippen LogP contribution in [0, 0.1) is 13.8 Å². The number of carbonyl (C=O) groups is 3. The molecule has 0 aromatic heterocycles. The Hall–Kier alpha value is -3.73. The van der Waals surface area contributed by atoms with Gasteiger partial charge in [-0.2, -0.15) is 0 Å². The maximum absolute atomic E-state index is 14.6. The van der Waals surface area contributed by atoms with Crippen LogP contribution in [-0.4, -0.2) is 63.5 Å². The molecule has 12 heteroatoms. The first-order valence-corrected chi connectivity index (χ1v) is 14.2. The number of benzene rings is 3. The van der Waals surface area contributed by atoms with Crippen molar-refractivity contribution >= 4 is 40.9 Å². The van der Waals surface area contributed by atoms with Crippen molar-refractivity contribution in [3.8, 4) is 5.75 Å². The standard InChI is InChI=1S/C31H31Cl2F2N3O5/c1-17-11-20(32)13-23(33)22(17)15-36-29(42)25-14-31(34,35)16-38(25)30(43)27(40)24(12-19-7-4-3-5-8-19)37-28(41)21-9-6-10-26(39)18(21)2/h3-11,13,24-25,27,39-40H,12,14-16H2,1-2H3,(H,36,42)(H,37,41). The van der Waals surface area contributed by atoms with E-state index < -0.39 is 54.8 Å².